The number of hydrogen-bond acceptors (Lipinski definition) is 4. The molecule has 0 fully saturated rings. The van der Waals surface area contributed by atoms with E-state index in [0.29, 0.717) is 17.3 Å². The Hall–Kier alpha value is -2.76. The lowest BCUT2D eigenvalue weighted by molar-refractivity contribution is -0.132. The van der Waals surface area contributed by atoms with Crippen molar-refractivity contribution in [1.29, 1.82) is 0 Å². The van der Waals surface area contributed by atoms with E-state index >= 15 is 0 Å². The molecule has 1 heterocycles. The minimum atomic E-state index is -1.05. The van der Waals surface area contributed by atoms with Crippen molar-refractivity contribution in [2.45, 2.75) is 27.3 Å². The maximum atomic E-state index is 12.2. The summed E-state index contributed by atoms with van der Waals surface area (Å²) in [5, 5.41) is 9.02. The normalized spacial score (nSPS) is 10.5. The Morgan fingerprint density at radius 2 is 1.83 bits per heavy atom. The molecule has 0 aliphatic rings. The minimum Gasteiger partial charge on any atom is -0.483 e. The van der Waals surface area contributed by atoms with Crippen LogP contribution in [-0.2, 0) is 11.3 Å². The molecular formula is C18H21NO5. The van der Waals surface area contributed by atoms with Gasteiger partial charge in [-0.15, -0.1) is 0 Å². The molecule has 0 saturated heterocycles. The molecule has 6 nitrogen and oxygen atoms in total. The first-order chi connectivity index (χ1) is 11.3. The Morgan fingerprint density at radius 3 is 2.38 bits per heavy atom. The van der Waals surface area contributed by atoms with Gasteiger partial charge in [-0.05, 0) is 38.0 Å². The van der Waals surface area contributed by atoms with Crippen LogP contribution in [0, 0.1) is 20.8 Å². The van der Waals surface area contributed by atoms with Crippen LogP contribution in [0.25, 0.3) is 0 Å². The van der Waals surface area contributed by atoms with Crippen LogP contribution in [0.3, 0.4) is 0 Å². The van der Waals surface area contributed by atoms with Gasteiger partial charge in [0.05, 0.1) is 6.54 Å². The van der Waals surface area contributed by atoms with Crippen LogP contribution in [0.15, 0.2) is 28.7 Å². The third-order valence-electron chi connectivity index (χ3n) is 3.77. The van der Waals surface area contributed by atoms with Gasteiger partial charge in [-0.3, -0.25) is 4.79 Å². The van der Waals surface area contributed by atoms with Crippen molar-refractivity contribution in [3.8, 4) is 5.75 Å². The third kappa shape index (κ3) is 3.95. The zero-order valence-corrected chi connectivity index (χ0v) is 14.3. The Morgan fingerprint density at radius 1 is 1.21 bits per heavy atom. The van der Waals surface area contributed by atoms with Crippen LogP contribution < -0.4 is 4.74 Å². The van der Waals surface area contributed by atoms with Crippen LogP contribution >= 0.6 is 0 Å². The quantitative estimate of drug-likeness (QED) is 0.880. The molecule has 1 N–H and O–H groups in total. The van der Waals surface area contributed by atoms with Gasteiger partial charge in [-0.2, -0.15) is 0 Å². The number of hydrogen-bond donors (Lipinski definition) is 1. The fourth-order valence-electron chi connectivity index (χ4n) is 2.43. The number of amides is 1. The number of rotatable bonds is 6. The van der Waals surface area contributed by atoms with Crippen molar-refractivity contribution in [3.05, 3.63) is 52.5 Å². The van der Waals surface area contributed by atoms with Gasteiger partial charge in [0, 0.05) is 7.05 Å². The highest BCUT2D eigenvalue weighted by atomic mass is 16.5. The number of carbonyl (C=O) groups excluding carboxylic acids is 1. The first-order valence-electron chi connectivity index (χ1n) is 7.55. The van der Waals surface area contributed by atoms with E-state index in [2.05, 4.69) is 0 Å². The van der Waals surface area contributed by atoms with Gasteiger partial charge in [0.1, 0.15) is 22.8 Å². The van der Waals surface area contributed by atoms with Gasteiger partial charge >= 0.3 is 5.97 Å². The number of carbonyl (C=O) groups is 2. The summed E-state index contributed by atoms with van der Waals surface area (Å²) in [5.74, 6) is 0.192. The van der Waals surface area contributed by atoms with Crippen LogP contribution in [0.1, 0.15) is 33.0 Å². The third-order valence-corrected chi connectivity index (χ3v) is 3.77. The summed E-state index contributed by atoms with van der Waals surface area (Å²) in [6.07, 6.45) is 0. The van der Waals surface area contributed by atoms with E-state index in [-0.39, 0.29) is 24.6 Å². The second kappa shape index (κ2) is 7.21. The topological polar surface area (TPSA) is 80.0 Å². The van der Waals surface area contributed by atoms with Crippen LogP contribution in [0.2, 0.25) is 0 Å². The monoisotopic (exact) mass is 331 g/mol. The summed E-state index contributed by atoms with van der Waals surface area (Å²) in [7, 11) is 1.62. The maximum Gasteiger partial charge on any atom is 0.339 e. The van der Waals surface area contributed by atoms with Crippen LogP contribution in [0.5, 0.6) is 5.75 Å². The second-order valence-corrected chi connectivity index (χ2v) is 5.75. The number of ether oxygens (including phenoxy) is 1. The number of carboxylic acid groups (broad SMARTS) is 1. The van der Waals surface area contributed by atoms with Gasteiger partial charge in [0.2, 0.25) is 0 Å². The minimum absolute atomic E-state index is 0.0896. The van der Waals surface area contributed by atoms with Crippen molar-refractivity contribution in [2.24, 2.45) is 0 Å². The number of nitrogens with zero attached hydrogens (tertiary/aromatic N) is 1. The van der Waals surface area contributed by atoms with E-state index in [9.17, 15) is 9.59 Å². The number of aryl methyl sites for hydroxylation is 3. The van der Waals surface area contributed by atoms with Crippen molar-refractivity contribution >= 4 is 11.9 Å². The molecule has 1 amide bonds. The van der Waals surface area contributed by atoms with Gasteiger partial charge in [-0.25, -0.2) is 4.79 Å². The SMILES string of the molecule is Cc1cccc(C)c1OCC(=O)N(C)Cc1cc(C(=O)O)c(C)o1. The van der Waals surface area contributed by atoms with Crippen molar-refractivity contribution in [3.63, 3.8) is 0 Å². The molecule has 0 bridgehead atoms. The Kier molecular flexibility index (Phi) is 5.28. The van der Waals surface area contributed by atoms with Crippen molar-refractivity contribution in [2.75, 3.05) is 13.7 Å². The number of benzene rings is 1. The predicted molar refractivity (Wildman–Crippen MR) is 88.3 cm³/mol. The Bertz CT molecular complexity index is 743. The Balaban J connectivity index is 1.97. The number of furan rings is 1. The summed E-state index contributed by atoms with van der Waals surface area (Å²) in [4.78, 5) is 24.7. The van der Waals surface area contributed by atoms with E-state index in [4.69, 9.17) is 14.3 Å². The average Bonchev–Trinajstić information content (AvgIpc) is 2.87. The largest absolute Gasteiger partial charge is 0.483 e. The summed E-state index contributed by atoms with van der Waals surface area (Å²) in [5.41, 5.74) is 2.05. The first kappa shape index (κ1) is 17.6. The lowest BCUT2D eigenvalue weighted by Crippen LogP contribution is -2.31. The first-order valence-corrected chi connectivity index (χ1v) is 7.55. The van der Waals surface area contributed by atoms with E-state index < -0.39 is 5.97 Å². The van der Waals surface area contributed by atoms with Crippen LogP contribution in [-0.4, -0.2) is 35.5 Å². The number of aromatic carboxylic acids is 1. The molecule has 2 rings (SSSR count). The van der Waals surface area contributed by atoms with Gasteiger partial charge < -0.3 is 19.2 Å². The number of carboxylic acids is 1. The molecule has 0 aliphatic carbocycles. The molecular weight excluding hydrogens is 310 g/mol. The predicted octanol–water partition coefficient (Wildman–Crippen LogP) is 2.94. The molecule has 0 spiro atoms. The molecule has 128 valence electrons. The highest BCUT2D eigenvalue weighted by Crippen LogP contribution is 2.22. The second-order valence-electron chi connectivity index (χ2n) is 5.75. The molecule has 0 atom stereocenters. The lowest BCUT2D eigenvalue weighted by atomic mass is 10.1. The smallest absolute Gasteiger partial charge is 0.339 e. The van der Waals surface area contributed by atoms with E-state index in [1.165, 1.54) is 11.0 Å². The average molecular weight is 331 g/mol. The molecule has 1 aromatic heterocycles. The molecule has 0 aliphatic heterocycles. The fraction of sp³-hybridized carbons (Fsp3) is 0.333. The standard InChI is InChI=1S/C18H21NO5/c1-11-6-5-7-12(2)17(11)23-10-16(20)19(4)9-14-8-15(18(21)22)13(3)24-14/h5-8H,9-10H2,1-4H3,(H,21,22). The van der Waals surface area contributed by atoms with Crippen molar-refractivity contribution in [1.82, 2.24) is 4.90 Å². The molecule has 6 heteroatoms. The van der Waals surface area contributed by atoms with Gasteiger partial charge in [0.15, 0.2) is 6.61 Å². The van der Waals surface area contributed by atoms with E-state index in [1.54, 1.807) is 14.0 Å². The summed E-state index contributed by atoms with van der Waals surface area (Å²) in [6, 6.07) is 7.23. The number of para-hydroxylation sites is 1. The lowest BCUT2D eigenvalue weighted by Gasteiger charge is -2.17. The molecule has 2 aromatic rings. The van der Waals surface area contributed by atoms with Crippen molar-refractivity contribution < 1.29 is 23.8 Å². The van der Waals surface area contributed by atoms with Gasteiger partial charge in [0.25, 0.3) is 5.91 Å². The summed E-state index contributed by atoms with van der Waals surface area (Å²) < 4.78 is 11.0. The molecule has 0 saturated carbocycles. The molecule has 0 unspecified atom stereocenters. The molecule has 0 radical (unpaired) electrons. The van der Waals surface area contributed by atoms with E-state index in [1.807, 2.05) is 32.0 Å². The summed E-state index contributed by atoms with van der Waals surface area (Å²) >= 11 is 0. The van der Waals surface area contributed by atoms with Gasteiger partial charge in [-0.1, -0.05) is 18.2 Å². The highest BCUT2D eigenvalue weighted by molar-refractivity contribution is 5.88. The number of likely N-dealkylation sites (N-methyl/N-ethyl adjacent to an activating group) is 1. The van der Waals surface area contributed by atoms with Crippen LogP contribution in [0.4, 0.5) is 0 Å². The summed E-state index contributed by atoms with van der Waals surface area (Å²) in [6.45, 7) is 5.53. The Labute approximate surface area is 140 Å². The maximum absolute atomic E-state index is 12.2. The zero-order valence-electron chi connectivity index (χ0n) is 14.3. The molecule has 1 aromatic carbocycles. The van der Waals surface area contributed by atoms with E-state index in [0.717, 1.165) is 11.1 Å². The zero-order chi connectivity index (χ0) is 17.9. The fourth-order valence-corrected chi connectivity index (χ4v) is 2.43. The highest BCUT2D eigenvalue weighted by Gasteiger charge is 2.17. The molecule has 24 heavy (non-hydrogen) atoms.